The van der Waals surface area contributed by atoms with Crippen molar-refractivity contribution in [3.8, 4) is 5.75 Å². The van der Waals surface area contributed by atoms with Crippen molar-refractivity contribution in [1.82, 2.24) is 4.90 Å². The summed E-state index contributed by atoms with van der Waals surface area (Å²) in [5.74, 6) is 0.906. The van der Waals surface area contributed by atoms with Crippen LogP contribution >= 0.6 is 0 Å². The molecule has 1 N–H and O–H groups in total. The first-order valence-corrected chi connectivity index (χ1v) is 7.15. The van der Waals surface area contributed by atoms with Crippen molar-refractivity contribution in [2.75, 3.05) is 27.2 Å². The first-order valence-electron chi connectivity index (χ1n) is 7.15. The molecule has 0 heterocycles. The average Bonchev–Trinajstić information content (AvgIpc) is 2.43. The third-order valence-corrected chi connectivity index (χ3v) is 3.70. The van der Waals surface area contributed by atoms with Crippen LogP contribution in [0.2, 0.25) is 0 Å². The predicted molar refractivity (Wildman–Crippen MR) is 84.0 cm³/mol. The Morgan fingerprint density at radius 1 is 1.45 bits per heavy atom. The number of hydrogen-bond donors (Lipinski definition) is 1. The Morgan fingerprint density at radius 3 is 2.70 bits per heavy atom. The number of nitrogens with zero attached hydrogens (tertiary/aromatic N) is 1. The minimum absolute atomic E-state index is 0.136. The second-order valence-corrected chi connectivity index (χ2v) is 5.57. The van der Waals surface area contributed by atoms with E-state index >= 15 is 0 Å². The molecule has 1 aromatic rings. The fourth-order valence-corrected chi connectivity index (χ4v) is 2.55. The van der Waals surface area contributed by atoms with Gasteiger partial charge in [0.05, 0.1) is 5.60 Å². The molecule has 112 valence electrons. The van der Waals surface area contributed by atoms with E-state index in [-0.39, 0.29) is 5.92 Å². The van der Waals surface area contributed by atoms with Crippen LogP contribution in [0.1, 0.15) is 25.8 Å². The number of ether oxygens (including phenoxy) is 1. The Balaban J connectivity index is 3.00. The van der Waals surface area contributed by atoms with E-state index in [1.54, 1.807) is 6.08 Å². The van der Waals surface area contributed by atoms with Crippen LogP contribution in [0.15, 0.2) is 36.9 Å². The van der Waals surface area contributed by atoms with Crippen LogP contribution in [0.25, 0.3) is 0 Å². The maximum atomic E-state index is 11.1. The molecule has 3 nitrogen and oxygen atoms in total. The van der Waals surface area contributed by atoms with E-state index in [2.05, 4.69) is 18.4 Å². The Bertz CT molecular complexity index is 431. The molecular weight excluding hydrogens is 250 g/mol. The van der Waals surface area contributed by atoms with Crippen LogP contribution in [0.5, 0.6) is 5.75 Å². The highest BCUT2D eigenvalue weighted by Crippen LogP contribution is 2.35. The van der Waals surface area contributed by atoms with Crippen molar-refractivity contribution in [2.45, 2.75) is 25.9 Å². The summed E-state index contributed by atoms with van der Waals surface area (Å²) in [4.78, 5) is 2.10. The number of benzene rings is 1. The Morgan fingerprint density at radius 2 is 2.15 bits per heavy atom. The quantitative estimate of drug-likeness (QED) is 0.741. The molecule has 0 aromatic heterocycles. The number of aliphatic hydroxyl groups is 1. The van der Waals surface area contributed by atoms with Crippen LogP contribution in [0.3, 0.4) is 0 Å². The van der Waals surface area contributed by atoms with E-state index in [0.29, 0.717) is 13.0 Å². The van der Waals surface area contributed by atoms with Gasteiger partial charge in [0.1, 0.15) is 12.4 Å². The van der Waals surface area contributed by atoms with Gasteiger partial charge in [0.15, 0.2) is 0 Å². The third-order valence-electron chi connectivity index (χ3n) is 3.70. The van der Waals surface area contributed by atoms with Crippen molar-refractivity contribution in [3.05, 3.63) is 42.5 Å². The lowest BCUT2D eigenvalue weighted by Crippen LogP contribution is -2.38. The van der Waals surface area contributed by atoms with Gasteiger partial charge in [-0.25, -0.2) is 0 Å². The van der Waals surface area contributed by atoms with E-state index in [9.17, 15) is 5.11 Å². The molecular formula is C17H27NO2. The molecule has 0 unspecified atom stereocenters. The summed E-state index contributed by atoms with van der Waals surface area (Å²) in [6.45, 7) is 9.05. The molecule has 0 saturated heterocycles. The van der Waals surface area contributed by atoms with Crippen molar-refractivity contribution in [2.24, 2.45) is 5.92 Å². The van der Waals surface area contributed by atoms with Gasteiger partial charge in [0.25, 0.3) is 0 Å². The Kier molecular flexibility index (Phi) is 6.24. The lowest BCUT2D eigenvalue weighted by Gasteiger charge is -2.35. The smallest absolute Gasteiger partial charge is 0.120 e. The highest BCUT2D eigenvalue weighted by atomic mass is 16.5. The van der Waals surface area contributed by atoms with Gasteiger partial charge >= 0.3 is 0 Å². The number of rotatable bonds is 8. The van der Waals surface area contributed by atoms with Crippen LogP contribution < -0.4 is 4.74 Å². The van der Waals surface area contributed by atoms with Gasteiger partial charge in [0, 0.05) is 12.5 Å². The van der Waals surface area contributed by atoms with Gasteiger partial charge in [-0.1, -0.05) is 38.6 Å². The van der Waals surface area contributed by atoms with Crippen LogP contribution in [0, 0.1) is 5.92 Å². The van der Waals surface area contributed by atoms with Gasteiger partial charge in [-0.2, -0.15) is 0 Å². The average molecular weight is 277 g/mol. The SMILES string of the molecule is C=CCOc1cccc([C@@](O)(CC)[C@@H](C)CN(C)C)c1. The predicted octanol–water partition coefficient (Wildman–Crippen LogP) is 3.05. The van der Waals surface area contributed by atoms with E-state index in [0.717, 1.165) is 17.9 Å². The maximum absolute atomic E-state index is 11.1. The molecule has 0 aliphatic carbocycles. The molecule has 20 heavy (non-hydrogen) atoms. The zero-order valence-corrected chi connectivity index (χ0v) is 13.1. The highest BCUT2D eigenvalue weighted by Gasteiger charge is 2.34. The maximum Gasteiger partial charge on any atom is 0.120 e. The first kappa shape index (κ1) is 16.7. The Hall–Kier alpha value is -1.32. The van der Waals surface area contributed by atoms with E-state index in [1.807, 2.05) is 45.3 Å². The van der Waals surface area contributed by atoms with Crippen molar-refractivity contribution in [3.63, 3.8) is 0 Å². The molecule has 0 fully saturated rings. The summed E-state index contributed by atoms with van der Waals surface area (Å²) in [5, 5.41) is 11.1. The second kappa shape index (κ2) is 7.46. The minimum atomic E-state index is -0.835. The molecule has 0 radical (unpaired) electrons. The molecule has 0 bridgehead atoms. The molecule has 0 aliphatic rings. The van der Waals surface area contributed by atoms with E-state index in [4.69, 9.17) is 4.74 Å². The molecule has 0 amide bonds. The first-order chi connectivity index (χ1) is 9.43. The van der Waals surface area contributed by atoms with Crippen molar-refractivity contribution in [1.29, 1.82) is 0 Å². The van der Waals surface area contributed by atoms with Gasteiger partial charge in [0.2, 0.25) is 0 Å². The lowest BCUT2D eigenvalue weighted by atomic mass is 9.80. The topological polar surface area (TPSA) is 32.7 Å². The summed E-state index contributed by atoms with van der Waals surface area (Å²) in [5.41, 5.74) is 0.0774. The fourth-order valence-electron chi connectivity index (χ4n) is 2.55. The standard InChI is InChI=1S/C17H27NO2/c1-6-11-20-16-10-8-9-15(12-16)17(19,7-2)14(3)13-18(4)5/h6,8-10,12,14,19H,1,7,11,13H2,2-5H3/t14-,17+/m0/s1. The van der Waals surface area contributed by atoms with Gasteiger partial charge in [-0.05, 0) is 38.2 Å². The summed E-state index contributed by atoms with van der Waals surface area (Å²) in [6, 6.07) is 7.73. The Labute approximate surface area is 122 Å². The van der Waals surface area contributed by atoms with Gasteiger partial charge in [-0.15, -0.1) is 0 Å². The third kappa shape index (κ3) is 4.09. The number of hydrogen-bond acceptors (Lipinski definition) is 3. The largest absolute Gasteiger partial charge is 0.490 e. The van der Waals surface area contributed by atoms with Crippen LogP contribution in [-0.4, -0.2) is 37.3 Å². The molecule has 2 atom stereocenters. The zero-order chi connectivity index (χ0) is 15.2. The molecule has 1 rings (SSSR count). The van der Waals surface area contributed by atoms with E-state index in [1.165, 1.54) is 0 Å². The van der Waals surface area contributed by atoms with Gasteiger partial charge < -0.3 is 14.7 Å². The molecule has 0 aliphatic heterocycles. The fraction of sp³-hybridized carbons (Fsp3) is 0.529. The molecule has 3 heteroatoms. The van der Waals surface area contributed by atoms with Crippen molar-refractivity contribution >= 4 is 0 Å². The minimum Gasteiger partial charge on any atom is -0.490 e. The van der Waals surface area contributed by atoms with Crippen LogP contribution in [0.4, 0.5) is 0 Å². The van der Waals surface area contributed by atoms with Gasteiger partial charge in [-0.3, -0.25) is 0 Å². The van der Waals surface area contributed by atoms with E-state index < -0.39 is 5.60 Å². The van der Waals surface area contributed by atoms with Crippen LogP contribution in [-0.2, 0) is 5.60 Å². The summed E-state index contributed by atoms with van der Waals surface area (Å²) >= 11 is 0. The summed E-state index contributed by atoms with van der Waals surface area (Å²) in [7, 11) is 4.05. The normalized spacial score (nSPS) is 15.7. The lowest BCUT2D eigenvalue weighted by molar-refractivity contribution is -0.0293. The molecule has 0 saturated carbocycles. The van der Waals surface area contributed by atoms with Crippen molar-refractivity contribution < 1.29 is 9.84 Å². The summed E-state index contributed by atoms with van der Waals surface area (Å²) < 4.78 is 5.56. The molecule has 0 spiro atoms. The molecule has 1 aromatic carbocycles. The zero-order valence-electron chi connectivity index (χ0n) is 13.1. The monoisotopic (exact) mass is 277 g/mol. The summed E-state index contributed by atoms with van der Waals surface area (Å²) in [6.07, 6.45) is 2.39. The highest BCUT2D eigenvalue weighted by molar-refractivity contribution is 5.33. The second-order valence-electron chi connectivity index (χ2n) is 5.57.